The minimum Gasteiger partial charge on any atom is -0.507 e. The summed E-state index contributed by atoms with van der Waals surface area (Å²) in [5.74, 6) is -2.46. The van der Waals surface area contributed by atoms with E-state index in [0.717, 1.165) is 0 Å². The van der Waals surface area contributed by atoms with Gasteiger partial charge >= 0.3 is 0 Å². The summed E-state index contributed by atoms with van der Waals surface area (Å²) in [5, 5.41) is 11.4. The van der Waals surface area contributed by atoms with Crippen LogP contribution in [0.1, 0.15) is 11.1 Å². The standard InChI is InChI=1S/C27H27N3O5/c1-2-12-29-21-11-7-6-10-20(21)27(26(29)34)22(23(31)19-8-4-3-5-9-19)24(32)25(33)30(27)14-13-28-15-17-35-18-16-28/h2-11,31H,1,12-18H2/t27-/m1/s1. The molecule has 8 heteroatoms. The lowest BCUT2D eigenvalue weighted by molar-refractivity contribution is -0.144. The van der Waals surface area contributed by atoms with Gasteiger partial charge in [0.25, 0.3) is 17.6 Å². The quantitative estimate of drug-likeness (QED) is 0.299. The zero-order valence-electron chi connectivity index (χ0n) is 19.4. The van der Waals surface area contributed by atoms with Crippen LogP contribution in [0, 0.1) is 0 Å². The Labute approximate surface area is 203 Å². The van der Waals surface area contributed by atoms with Crippen molar-refractivity contribution < 1.29 is 24.2 Å². The fraction of sp³-hybridized carbons (Fsp3) is 0.296. The molecule has 0 aliphatic carbocycles. The van der Waals surface area contributed by atoms with E-state index >= 15 is 0 Å². The second-order valence-corrected chi connectivity index (χ2v) is 8.76. The van der Waals surface area contributed by atoms with Gasteiger partial charge in [-0.15, -0.1) is 6.58 Å². The SMILES string of the molecule is C=CCN1C(=O)[C@]2(C(=C(O)c3ccccc3)C(=O)C(=O)N2CCN2CCOCC2)c2ccccc21. The summed E-state index contributed by atoms with van der Waals surface area (Å²) in [6.45, 7) is 7.19. The van der Waals surface area contributed by atoms with E-state index in [0.29, 0.717) is 49.7 Å². The molecule has 0 unspecified atom stereocenters. The number of aliphatic hydroxyl groups is 1. The fourth-order valence-corrected chi connectivity index (χ4v) is 5.28. The van der Waals surface area contributed by atoms with Crippen molar-refractivity contribution in [3.63, 3.8) is 0 Å². The largest absolute Gasteiger partial charge is 0.507 e. The molecular formula is C27H27N3O5. The van der Waals surface area contributed by atoms with E-state index in [1.807, 2.05) is 0 Å². The number of ketones is 1. The number of carbonyl (C=O) groups excluding carboxylic acids is 3. The minimum absolute atomic E-state index is 0.151. The Hall–Kier alpha value is -3.75. The van der Waals surface area contributed by atoms with Crippen molar-refractivity contribution in [1.82, 2.24) is 9.80 Å². The number of morpholine rings is 1. The summed E-state index contributed by atoms with van der Waals surface area (Å²) < 4.78 is 5.42. The van der Waals surface area contributed by atoms with Gasteiger partial charge in [-0.1, -0.05) is 54.6 Å². The molecule has 0 bridgehead atoms. The maximum absolute atomic E-state index is 14.2. The first-order valence-electron chi connectivity index (χ1n) is 11.7. The van der Waals surface area contributed by atoms with E-state index in [4.69, 9.17) is 4.74 Å². The number of hydrogen-bond donors (Lipinski definition) is 1. The normalized spacial score (nSPS) is 23.8. The zero-order chi connectivity index (χ0) is 24.6. The molecule has 3 aliphatic heterocycles. The van der Waals surface area contributed by atoms with Gasteiger partial charge in [-0.3, -0.25) is 19.3 Å². The van der Waals surface area contributed by atoms with E-state index in [1.165, 1.54) is 9.80 Å². The van der Waals surface area contributed by atoms with Gasteiger partial charge in [0.2, 0.25) is 0 Å². The zero-order valence-corrected chi connectivity index (χ0v) is 19.4. The molecule has 5 rings (SSSR count). The van der Waals surface area contributed by atoms with Crippen molar-refractivity contribution in [2.45, 2.75) is 5.54 Å². The number of para-hydroxylation sites is 1. The minimum atomic E-state index is -1.75. The van der Waals surface area contributed by atoms with Crippen LogP contribution in [0.25, 0.3) is 5.76 Å². The summed E-state index contributed by atoms with van der Waals surface area (Å²) >= 11 is 0. The van der Waals surface area contributed by atoms with Crippen LogP contribution >= 0.6 is 0 Å². The molecular weight excluding hydrogens is 446 g/mol. The third-order valence-corrected chi connectivity index (χ3v) is 6.91. The summed E-state index contributed by atoms with van der Waals surface area (Å²) in [5.41, 5.74) is -0.481. The van der Waals surface area contributed by atoms with Crippen molar-refractivity contribution in [3.05, 3.63) is 84.0 Å². The number of rotatable bonds is 6. The van der Waals surface area contributed by atoms with E-state index in [2.05, 4.69) is 11.5 Å². The average molecular weight is 474 g/mol. The van der Waals surface area contributed by atoms with Crippen LogP contribution in [-0.2, 0) is 24.7 Å². The van der Waals surface area contributed by atoms with Gasteiger partial charge in [0.1, 0.15) is 5.76 Å². The van der Waals surface area contributed by atoms with Crippen LogP contribution in [0.4, 0.5) is 5.69 Å². The maximum atomic E-state index is 14.2. The second-order valence-electron chi connectivity index (χ2n) is 8.76. The Balaban J connectivity index is 1.71. The highest BCUT2D eigenvalue weighted by Crippen LogP contribution is 2.53. The number of fused-ring (bicyclic) bond motifs is 2. The van der Waals surface area contributed by atoms with Gasteiger partial charge in [-0.2, -0.15) is 0 Å². The molecule has 35 heavy (non-hydrogen) atoms. The Bertz CT molecular complexity index is 1220. The lowest BCUT2D eigenvalue weighted by atomic mass is 9.82. The predicted molar refractivity (Wildman–Crippen MR) is 131 cm³/mol. The molecule has 3 aliphatic rings. The number of likely N-dealkylation sites (tertiary alicyclic amines) is 1. The van der Waals surface area contributed by atoms with E-state index < -0.39 is 23.1 Å². The molecule has 1 N–H and O–H groups in total. The monoisotopic (exact) mass is 473 g/mol. The molecule has 0 aromatic heterocycles. The van der Waals surface area contributed by atoms with E-state index in [1.54, 1.807) is 60.7 Å². The molecule has 8 nitrogen and oxygen atoms in total. The summed E-state index contributed by atoms with van der Waals surface area (Å²) in [4.78, 5) is 46.3. The number of hydrogen-bond acceptors (Lipinski definition) is 6. The van der Waals surface area contributed by atoms with Crippen LogP contribution in [0.2, 0.25) is 0 Å². The molecule has 2 saturated heterocycles. The molecule has 0 radical (unpaired) electrons. The van der Waals surface area contributed by atoms with E-state index in [9.17, 15) is 19.5 Å². The van der Waals surface area contributed by atoms with Crippen LogP contribution in [0.15, 0.2) is 72.8 Å². The molecule has 3 heterocycles. The van der Waals surface area contributed by atoms with Gasteiger partial charge in [-0.05, 0) is 6.07 Å². The van der Waals surface area contributed by atoms with Crippen molar-refractivity contribution in [1.29, 1.82) is 0 Å². The molecule has 1 atom stereocenters. The highest BCUT2D eigenvalue weighted by atomic mass is 16.5. The first-order chi connectivity index (χ1) is 17.0. The van der Waals surface area contributed by atoms with E-state index in [-0.39, 0.29) is 24.4 Å². The Morgan fingerprint density at radius 3 is 2.40 bits per heavy atom. The number of benzene rings is 2. The second kappa shape index (κ2) is 9.13. The lowest BCUT2D eigenvalue weighted by Gasteiger charge is -2.36. The van der Waals surface area contributed by atoms with Crippen molar-refractivity contribution in [2.75, 3.05) is 50.8 Å². The Morgan fingerprint density at radius 1 is 1.00 bits per heavy atom. The molecule has 180 valence electrons. The number of aliphatic hydroxyl groups excluding tert-OH is 1. The molecule has 2 aromatic carbocycles. The number of amides is 2. The first-order valence-corrected chi connectivity index (χ1v) is 11.7. The van der Waals surface area contributed by atoms with Gasteiger partial charge in [-0.25, -0.2) is 0 Å². The lowest BCUT2D eigenvalue weighted by Crippen LogP contribution is -2.54. The first kappa shape index (κ1) is 23.0. The number of nitrogens with zero attached hydrogens (tertiary/aromatic N) is 3. The fourth-order valence-electron chi connectivity index (χ4n) is 5.28. The Morgan fingerprint density at radius 2 is 1.69 bits per heavy atom. The van der Waals surface area contributed by atoms with Crippen molar-refractivity contribution in [3.8, 4) is 0 Å². The van der Waals surface area contributed by atoms with Gasteiger partial charge < -0.3 is 19.6 Å². The summed E-state index contributed by atoms with van der Waals surface area (Å²) in [7, 11) is 0. The highest BCUT2D eigenvalue weighted by molar-refractivity contribution is 6.50. The van der Waals surface area contributed by atoms with Gasteiger partial charge in [0, 0.05) is 43.9 Å². The number of carbonyl (C=O) groups is 3. The molecule has 0 saturated carbocycles. The number of Topliss-reactive ketones (excluding diaryl/α,β-unsaturated/α-hetero) is 1. The van der Waals surface area contributed by atoms with Crippen LogP contribution in [-0.4, -0.2) is 78.4 Å². The van der Waals surface area contributed by atoms with Gasteiger partial charge in [0.05, 0.1) is 24.5 Å². The third-order valence-electron chi connectivity index (χ3n) is 6.91. The Kier molecular flexibility index (Phi) is 6.00. The molecule has 1 spiro atoms. The van der Waals surface area contributed by atoms with Crippen LogP contribution in [0.5, 0.6) is 0 Å². The smallest absolute Gasteiger partial charge is 0.296 e. The highest BCUT2D eigenvalue weighted by Gasteiger charge is 2.66. The third kappa shape index (κ3) is 3.48. The average Bonchev–Trinajstić information content (AvgIpc) is 3.27. The van der Waals surface area contributed by atoms with Gasteiger partial charge in [0.15, 0.2) is 5.54 Å². The van der Waals surface area contributed by atoms with Crippen LogP contribution in [0.3, 0.4) is 0 Å². The maximum Gasteiger partial charge on any atom is 0.296 e. The summed E-state index contributed by atoms with van der Waals surface area (Å²) in [6.07, 6.45) is 1.60. The topological polar surface area (TPSA) is 90.4 Å². The molecule has 2 fully saturated rings. The van der Waals surface area contributed by atoms with Crippen molar-refractivity contribution >= 4 is 29.0 Å². The number of anilines is 1. The summed E-state index contributed by atoms with van der Waals surface area (Å²) in [6, 6.07) is 15.7. The number of ether oxygens (including phenoxy) is 1. The molecule has 2 aromatic rings. The van der Waals surface area contributed by atoms with Crippen molar-refractivity contribution in [2.24, 2.45) is 0 Å². The molecule has 2 amide bonds. The predicted octanol–water partition coefficient (Wildman–Crippen LogP) is 2.13. The van der Waals surface area contributed by atoms with Crippen LogP contribution < -0.4 is 4.90 Å².